The molecule has 0 bridgehead atoms. The van der Waals surface area contributed by atoms with Crippen molar-refractivity contribution in [2.45, 2.75) is 25.8 Å². The van der Waals surface area contributed by atoms with E-state index >= 15 is 0 Å². The zero-order chi connectivity index (χ0) is 15.5. The highest BCUT2D eigenvalue weighted by Gasteiger charge is 2.33. The van der Waals surface area contributed by atoms with Gasteiger partial charge in [0, 0.05) is 6.07 Å². The molecule has 9 nitrogen and oxygen atoms in total. The highest BCUT2D eigenvalue weighted by atomic mass is 16.6. The molecule has 0 saturated heterocycles. The maximum atomic E-state index is 11.2. The van der Waals surface area contributed by atoms with Gasteiger partial charge in [0.25, 0.3) is 11.4 Å². The molecular weight excluding hydrogens is 270 g/mol. The van der Waals surface area contributed by atoms with E-state index in [1.807, 2.05) is 0 Å². The van der Waals surface area contributed by atoms with Crippen molar-refractivity contribution in [3.63, 3.8) is 0 Å². The number of nitro benzene ring substituents is 2. The Labute approximate surface area is 113 Å². The monoisotopic (exact) mass is 283 g/mol. The first kappa shape index (κ1) is 15.3. The molecule has 0 amide bonds. The number of hydrogen-bond donors (Lipinski definition) is 2. The molecule has 0 aromatic heterocycles. The summed E-state index contributed by atoms with van der Waals surface area (Å²) in [5, 5.41) is 33.2. The molecule has 0 spiro atoms. The van der Waals surface area contributed by atoms with E-state index in [4.69, 9.17) is 5.11 Å². The number of carboxylic acids is 1. The van der Waals surface area contributed by atoms with Gasteiger partial charge >= 0.3 is 5.97 Å². The Kier molecular flexibility index (Phi) is 4.23. The Morgan fingerprint density at radius 1 is 1.35 bits per heavy atom. The molecule has 20 heavy (non-hydrogen) atoms. The van der Waals surface area contributed by atoms with Crippen LogP contribution in [-0.4, -0.2) is 26.5 Å². The van der Waals surface area contributed by atoms with Crippen molar-refractivity contribution in [1.82, 2.24) is 0 Å². The van der Waals surface area contributed by atoms with Crippen LogP contribution in [0.15, 0.2) is 18.2 Å². The van der Waals surface area contributed by atoms with Crippen LogP contribution in [0.5, 0.6) is 0 Å². The quantitative estimate of drug-likeness (QED) is 0.603. The first-order chi connectivity index (χ1) is 9.21. The fourth-order valence-corrected chi connectivity index (χ4v) is 1.48. The molecule has 9 heteroatoms. The minimum absolute atomic E-state index is 0.0765. The van der Waals surface area contributed by atoms with Crippen LogP contribution in [-0.2, 0) is 4.79 Å². The fraction of sp³-hybridized carbons (Fsp3) is 0.364. The SMILES string of the molecule is CC[C@@](C)(Nc1ccc([N+](=O)[O-])cc1[N+](=O)[O-])C(=O)O. The summed E-state index contributed by atoms with van der Waals surface area (Å²) < 4.78 is 0. The lowest BCUT2D eigenvalue weighted by Gasteiger charge is -2.25. The van der Waals surface area contributed by atoms with Gasteiger partial charge in [0.05, 0.1) is 15.9 Å². The third-order valence-electron chi connectivity index (χ3n) is 2.98. The van der Waals surface area contributed by atoms with Crippen molar-refractivity contribution >= 4 is 23.0 Å². The largest absolute Gasteiger partial charge is 0.480 e. The lowest BCUT2D eigenvalue weighted by atomic mass is 9.98. The van der Waals surface area contributed by atoms with Crippen LogP contribution in [0.4, 0.5) is 17.1 Å². The van der Waals surface area contributed by atoms with E-state index in [-0.39, 0.29) is 12.1 Å². The second-order valence-electron chi connectivity index (χ2n) is 4.33. The molecule has 1 aromatic carbocycles. The van der Waals surface area contributed by atoms with Gasteiger partial charge in [-0.3, -0.25) is 20.2 Å². The molecular formula is C11H13N3O6. The molecule has 0 radical (unpaired) electrons. The lowest BCUT2D eigenvalue weighted by molar-refractivity contribution is -0.393. The van der Waals surface area contributed by atoms with Crippen LogP contribution >= 0.6 is 0 Å². The first-order valence-corrected chi connectivity index (χ1v) is 5.65. The number of non-ortho nitro benzene ring substituents is 1. The van der Waals surface area contributed by atoms with Crippen LogP contribution < -0.4 is 5.32 Å². The van der Waals surface area contributed by atoms with E-state index in [0.29, 0.717) is 0 Å². The lowest BCUT2D eigenvalue weighted by Crippen LogP contribution is -2.42. The number of aliphatic carboxylic acids is 1. The predicted octanol–water partition coefficient (Wildman–Crippen LogP) is 2.17. The van der Waals surface area contributed by atoms with Gasteiger partial charge < -0.3 is 10.4 Å². The molecule has 0 saturated carbocycles. The molecule has 2 N–H and O–H groups in total. The van der Waals surface area contributed by atoms with Crippen LogP contribution in [0.2, 0.25) is 0 Å². The van der Waals surface area contributed by atoms with E-state index in [1.54, 1.807) is 6.92 Å². The topological polar surface area (TPSA) is 136 Å². The van der Waals surface area contributed by atoms with Gasteiger partial charge in [-0.1, -0.05) is 6.92 Å². The van der Waals surface area contributed by atoms with Crippen LogP contribution in [0.3, 0.4) is 0 Å². The molecule has 108 valence electrons. The molecule has 0 aliphatic carbocycles. The minimum Gasteiger partial charge on any atom is -0.480 e. The average Bonchev–Trinajstić information content (AvgIpc) is 2.38. The highest BCUT2D eigenvalue weighted by Crippen LogP contribution is 2.31. The molecule has 0 heterocycles. The molecule has 0 aliphatic heterocycles. The molecule has 0 aliphatic rings. The number of nitro groups is 2. The highest BCUT2D eigenvalue weighted by molar-refractivity contribution is 5.83. The predicted molar refractivity (Wildman–Crippen MR) is 69.7 cm³/mol. The number of rotatable bonds is 6. The van der Waals surface area contributed by atoms with Gasteiger partial charge in [0.2, 0.25) is 0 Å². The van der Waals surface area contributed by atoms with E-state index in [2.05, 4.69) is 5.32 Å². The Morgan fingerprint density at radius 3 is 2.35 bits per heavy atom. The van der Waals surface area contributed by atoms with Crippen molar-refractivity contribution in [2.24, 2.45) is 0 Å². The average molecular weight is 283 g/mol. The summed E-state index contributed by atoms with van der Waals surface area (Å²) in [5.41, 5.74) is -2.45. The number of hydrogen-bond acceptors (Lipinski definition) is 6. The molecule has 1 aromatic rings. The second-order valence-corrected chi connectivity index (χ2v) is 4.33. The Hall–Kier alpha value is -2.71. The Balaban J connectivity index is 3.28. The van der Waals surface area contributed by atoms with E-state index < -0.39 is 32.7 Å². The van der Waals surface area contributed by atoms with Crippen molar-refractivity contribution < 1.29 is 19.7 Å². The fourth-order valence-electron chi connectivity index (χ4n) is 1.48. The minimum atomic E-state index is -1.40. The third kappa shape index (κ3) is 2.99. The van der Waals surface area contributed by atoms with Crippen molar-refractivity contribution in [2.75, 3.05) is 5.32 Å². The zero-order valence-electron chi connectivity index (χ0n) is 10.8. The summed E-state index contributed by atoms with van der Waals surface area (Å²) in [6.45, 7) is 2.98. The van der Waals surface area contributed by atoms with E-state index in [1.165, 1.54) is 6.92 Å². The third-order valence-corrected chi connectivity index (χ3v) is 2.98. The van der Waals surface area contributed by atoms with Gasteiger partial charge in [-0.2, -0.15) is 0 Å². The van der Waals surface area contributed by atoms with Crippen LogP contribution in [0.1, 0.15) is 20.3 Å². The summed E-state index contributed by atoms with van der Waals surface area (Å²) in [7, 11) is 0. The number of nitrogens with zero attached hydrogens (tertiary/aromatic N) is 2. The Bertz CT molecular complexity index is 573. The summed E-state index contributed by atoms with van der Waals surface area (Å²) in [4.78, 5) is 31.2. The number of anilines is 1. The van der Waals surface area contributed by atoms with Gasteiger partial charge in [0.1, 0.15) is 11.2 Å². The maximum absolute atomic E-state index is 11.2. The van der Waals surface area contributed by atoms with Gasteiger partial charge in [0.15, 0.2) is 0 Å². The van der Waals surface area contributed by atoms with E-state index in [0.717, 1.165) is 18.2 Å². The normalized spacial score (nSPS) is 13.3. The molecule has 1 rings (SSSR count). The first-order valence-electron chi connectivity index (χ1n) is 5.65. The van der Waals surface area contributed by atoms with Crippen molar-refractivity contribution in [3.8, 4) is 0 Å². The molecule has 0 unspecified atom stereocenters. The van der Waals surface area contributed by atoms with Crippen LogP contribution in [0.25, 0.3) is 0 Å². The second kappa shape index (κ2) is 5.51. The zero-order valence-corrected chi connectivity index (χ0v) is 10.8. The smallest absolute Gasteiger partial charge is 0.329 e. The van der Waals surface area contributed by atoms with Crippen LogP contribution in [0, 0.1) is 20.2 Å². The summed E-state index contributed by atoms with van der Waals surface area (Å²) in [5.74, 6) is -1.17. The maximum Gasteiger partial charge on any atom is 0.329 e. The van der Waals surface area contributed by atoms with Gasteiger partial charge in [-0.05, 0) is 19.4 Å². The van der Waals surface area contributed by atoms with Crippen molar-refractivity contribution in [3.05, 3.63) is 38.4 Å². The van der Waals surface area contributed by atoms with Gasteiger partial charge in [-0.15, -0.1) is 0 Å². The number of carbonyl (C=O) groups is 1. The summed E-state index contributed by atoms with van der Waals surface area (Å²) in [6, 6.07) is 3.00. The molecule has 1 atom stereocenters. The van der Waals surface area contributed by atoms with Gasteiger partial charge in [-0.25, -0.2) is 4.79 Å². The van der Waals surface area contributed by atoms with Crippen molar-refractivity contribution in [1.29, 1.82) is 0 Å². The summed E-state index contributed by atoms with van der Waals surface area (Å²) in [6.07, 6.45) is 0.177. The summed E-state index contributed by atoms with van der Waals surface area (Å²) >= 11 is 0. The van der Waals surface area contributed by atoms with E-state index in [9.17, 15) is 25.0 Å². The molecule has 0 fully saturated rings. The number of carboxylic acid groups (broad SMARTS) is 1. The number of nitrogens with one attached hydrogen (secondary N) is 1. The standard InChI is InChI=1S/C11H13N3O6/c1-3-11(2,10(15)16)12-8-5-4-7(13(17)18)6-9(8)14(19)20/h4-6,12H,3H2,1-2H3,(H,15,16)/t11-/m1/s1. The number of benzene rings is 1. The Morgan fingerprint density at radius 2 is 1.95 bits per heavy atom.